The van der Waals surface area contributed by atoms with E-state index in [0.717, 1.165) is 0 Å². The first-order valence-corrected chi connectivity index (χ1v) is 6.98. The number of carbonyl (C=O) groups is 2. The van der Waals surface area contributed by atoms with Crippen LogP contribution in [-0.2, 0) is 14.3 Å². The van der Waals surface area contributed by atoms with Gasteiger partial charge in [0, 0.05) is 6.07 Å². The van der Waals surface area contributed by atoms with Crippen LogP contribution in [0.5, 0.6) is 11.5 Å². The zero-order valence-corrected chi connectivity index (χ0v) is 13.0. The summed E-state index contributed by atoms with van der Waals surface area (Å²) in [4.78, 5) is 23.8. The van der Waals surface area contributed by atoms with Gasteiger partial charge in [0.15, 0.2) is 5.78 Å². The average Bonchev–Trinajstić information content (AvgIpc) is 2.45. The molecule has 1 aromatic rings. The van der Waals surface area contributed by atoms with Gasteiger partial charge in [0.25, 0.3) is 0 Å². The molecule has 5 heteroatoms. The number of Topliss-reactive ketones (excluding diaryl/α,β-unsaturated/α-hetero) is 1. The summed E-state index contributed by atoms with van der Waals surface area (Å²) in [6, 6.07) is 7.02. The van der Waals surface area contributed by atoms with Gasteiger partial charge in [-0.1, -0.05) is 6.07 Å². The first kappa shape index (κ1) is 17.0. The monoisotopic (exact) mass is 294 g/mol. The maximum Gasteiger partial charge on any atom is 0.319 e. The van der Waals surface area contributed by atoms with E-state index < -0.39 is 11.4 Å². The van der Waals surface area contributed by atoms with Crippen LogP contribution < -0.4 is 9.47 Å². The zero-order chi connectivity index (χ0) is 15.9. The number of rotatable bonds is 8. The van der Waals surface area contributed by atoms with Crippen LogP contribution in [0.2, 0.25) is 0 Å². The van der Waals surface area contributed by atoms with Gasteiger partial charge in [-0.15, -0.1) is 0 Å². The van der Waals surface area contributed by atoms with Crippen LogP contribution in [0.1, 0.15) is 27.7 Å². The van der Waals surface area contributed by atoms with Crippen LogP contribution in [0, 0.1) is 5.41 Å². The van der Waals surface area contributed by atoms with E-state index in [0.29, 0.717) is 18.1 Å². The lowest BCUT2D eigenvalue weighted by atomic mass is 9.88. The molecule has 0 aliphatic carbocycles. The fourth-order valence-electron chi connectivity index (χ4n) is 1.58. The van der Waals surface area contributed by atoms with Crippen LogP contribution in [-0.4, -0.2) is 31.6 Å². The van der Waals surface area contributed by atoms with Crippen molar-refractivity contribution in [3.63, 3.8) is 0 Å². The molecule has 21 heavy (non-hydrogen) atoms. The topological polar surface area (TPSA) is 61.8 Å². The molecule has 0 fully saturated rings. The zero-order valence-electron chi connectivity index (χ0n) is 13.0. The number of hydrogen-bond donors (Lipinski definition) is 0. The Kier molecular flexibility index (Phi) is 6.21. The molecule has 0 saturated heterocycles. The first-order chi connectivity index (χ1) is 9.91. The highest BCUT2D eigenvalue weighted by atomic mass is 16.5. The second kappa shape index (κ2) is 7.67. The van der Waals surface area contributed by atoms with Crippen molar-refractivity contribution in [2.75, 3.05) is 19.8 Å². The SMILES string of the molecule is CCOC(=O)C(C)(C)C(=O)COc1cccc(OCC)c1. The molecule has 1 rings (SSSR count). The number of hydrogen-bond acceptors (Lipinski definition) is 5. The van der Waals surface area contributed by atoms with Crippen molar-refractivity contribution < 1.29 is 23.8 Å². The largest absolute Gasteiger partial charge is 0.494 e. The van der Waals surface area contributed by atoms with Gasteiger partial charge in [-0.25, -0.2) is 0 Å². The third kappa shape index (κ3) is 4.77. The number of ketones is 1. The summed E-state index contributed by atoms with van der Waals surface area (Å²) >= 11 is 0. The lowest BCUT2D eigenvalue weighted by Gasteiger charge is -2.20. The Morgan fingerprint density at radius 3 is 2.24 bits per heavy atom. The summed E-state index contributed by atoms with van der Waals surface area (Å²) in [7, 11) is 0. The molecule has 0 unspecified atom stereocenters. The molecule has 0 bridgehead atoms. The molecule has 0 spiro atoms. The lowest BCUT2D eigenvalue weighted by Crippen LogP contribution is -2.38. The van der Waals surface area contributed by atoms with E-state index in [9.17, 15) is 9.59 Å². The van der Waals surface area contributed by atoms with Crippen molar-refractivity contribution in [3.05, 3.63) is 24.3 Å². The van der Waals surface area contributed by atoms with Crippen LogP contribution >= 0.6 is 0 Å². The predicted molar refractivity (Wildman–Crippen MR) is 78.5 cm³/mol. The first-order valence-electron chi connectivity index (χ1n) is 6.98. The summed E-state index contributed by atoms with van der Waals surface area (Å²) in [5.41, 5.74) is -1.21. The van der Waals surface area contributed by atoms with E-state index >= 15 is 0 Å². The highest BCUT2D eigenvalue weighted by molar-refractivity contribution is 6.03. The average molecular weight is 294 g/mol. The Labute approximate surface area is 125 Å². The normalized spacial score (nSPS) is 10.9. The molecule has 0 saturated carbocycles. The molecule has 1 aromatic carbocycles. The van der Waals surface area contributed by atoms with Crippen LogP contribution in [0.25, 0.3) is 0 Å². The summed E-state index contributed by atoms with van der Waals surface area (Å²) in [5, 5.41) is 0. The second-order valence-electron chi connectivity index (χ2n) is 4.97. The molecule has 0 amide bonds. The Balaban J connectivity index is 2.63. The minimum Gasteiger partial charge on any atom is -0.494 e. The molecule has 0 aromatic heterocycles. The Morgan fingerprint density at radius 1 is 1.05 bits per heavy atom. The fraction of sp³-hybridized carbons (Fsp3) is 0.500. The molecular formula is C16H22O5. The van der Waals surface area contributed by atoms with Gasteiger partial charge >= 0.3 is 5.97 Å². The van der Waals surface area contributed by atoms with Crippen molar-refractivity contribution in [3.8, 4) is 11.5 Å². The van der Waals surface area contributed by atoms with Crippen molar-refractivity contribution in [2.24, 2.45) is 5.41 Å². The van der Waals surface area contributed by atoms with Crippen molar-refractivity contribution >= 4 is 11.8 Å². The van der Waals surface area contributed by atoms with E-state index in [2.05, 4.69) is 0 Å². The maximum absolute atomic E-state index is 12.1. The van der Waals surface area contributed by atoms with Crippen molar-refractivity contribution in [1.29, 1.82) is 0 Å². The van der Waals surface area contributed by atoms with E-state index in [1.54, 1.807) is 31.2 Å². The highest BCUT2D eigenvalue weighted by Gasteiger charge is 2.37. The third-order valence-electron chi connectivity index (χ3n) is 2.97. The van der Waals surface area contributed by atoms with Gasteiger partial charge < -0.3 is 14.2 Å². The van der Waals surface area contributed by atoms with Crippen molar-refractivity contribution in [1.82, 2.24) is 0 Å². The number of benzene rings is 1. The molecule has 0 heterocycles. The molecule has 0 atom stereocenters. The van der Waals surface area contributed by atoms with Gasteiger partial charge in [-0.05, 0) is 39.8 Å². The van der Waals surface area contributed by atoms with Crippen LogP contribution in [0.3, 0.4) is 0 Å². The quantitative estimate of drug-likeness (QED) is 0.545. The van der Waals surface area contributed by atoms with E-state index in [-0.39, 0.29) is 19.0 Å². The fourth-order valence-corrected chi connectivity index (χ4v) is 1.58. The Bertz CT molecular complexity index is 493. The Hall–Kier alpha value is -2.04. The van der Waals surface area contributed by atoms with Gasteiger partial charge in [0.1, 0.15) is 23.5 Å². The predicted octanol–water partition coefficient (Wildman–Crippen LogP) is 2.62. The van der Waals surface area contributed by atoms with Crippen LogP contribution in [0.15, 0.2) is 24.3 Å². The minimum atomic E-state index is -1.21. The molecule has 5 nitrogen and oxygen atoms in total. The maximum atomic E-state index is 12.1. The van der Waals surface area contributed by atoms with E-state index in [4.69, 9.17) is 14.2 Å². The Morgan fingerprint density at radius 2 is 1.67 bits per heavy atom. The third-order valence-corrected chi connectivity index (χ3v) is 2.97. The second-order valence-corrected chi connectivity index (χ2v) is 4.97. The molecular weight excluding hydrogens is 272 g/mol. The molecule has 0 aliphatic rings. The van der Waals surface area contributed by atoms with Gasteiger partial charge in [-0.3, -0.25) is 9.59 Å². The summed E-state index contributed by atoms with van der Waals surface area (Å²) in [5.74, 6) is 0.325. The minimum absolute atomic E-state index is 0.193. The standard InChI is InChI=1S/C16H22O5/c1-5-19-12-8-7-9-13(10-12)21-11-14(17)16(3,4)15(18)20-6-2/h7-10H,5-6,11H2,1-4H3. The van der Waals surface area contributed by atoms with E-state index in [1.165, 1.54) is 13.8 Å². The smallest absolute Gasteiger partial charge is 0.319 e. The van der Waals surface area contributed by atoms with E-state index in [1.807, 2.05) is 6.92 Å². The summed E-state index contributed by atoms with van der Waals surface area (Å²) < 4.78 is 15.7. The molecule has 0 aliphatic heterocycles. The molecule has 0 radical (unpaired) electrons. The highest BCUT2D eigenvalue weighted by Crippen LogP contribution is 2.22. The molecule has 116 valence electrons. The van der Waals surface area contributed by atoms with Crippen molar-refractivity contribution in [2.45, 2.75) is 27.7 Å². The number of ether oxygens (including phenoxy) is 3. The van der Waals surface area contributed by atoms with Gasteiger partial charge in [0.2, 0.25) is 0 Å². The van der Waals surface area contributed by atoms with Gasteiger partial charge in [0.05, 0.1) is 13.2 Å². The van der Waals surface area contributed by atoms with Crippen LogP contribution in [0.4, 0.5) is 0 Å². The van der Waals surface area contributed by atoms with Gasteiger partial charge in [-0.2, -0.15) is 0 Å². The summed E-state index contributed by atoms with van der Waals surface area (Å²) in [6.07, 6.45) is 0. The molecule has 0 N–H and O–H groups in total. The lowest BCUT2D eigenvalue weighted by molar-refractivity contribution is -0.158. The number of carbonyl (C=O) groups excluding carboxylic acids is 2. The summed E-state index contributed by atoms with van der Waals surface area (Å²) in [6.45, 7) is 7.26. The number of esters is 1.